The Bertz CT molecular complexity index is 842. The third-order valence-corrected chi connectivity index (χ3v) is 6.52. The van der Waals surface area contributed by atoms with Crippen LogP contribution in [0.5, 0.6) is 0 Å². The summed E-state index contributed by atoms with van der Waals surface area (Å²) in [6.45, 7) is 5.91. The largest absolute Gasteiger partial charge is 0.352 e. The number of benzene rings is 2. The second kappa shape index (κ2) is 13.0. The van der Waals surface area contributed by atoms with Crippen LogP contribution in [-0.4, -0.2) is 34.6 Å². The first kappa shape index (κ1) is 25.6. The van der Waals surface area contributed by atoms with E-state index in [1.165, 1.54) is 5.56 Å². The lowest BCUT2D eigenvalue weighted by Gasteiger charge is -2.31. The lowest BCUT2D eigenvalue weighted by Crippen LogP contribution is -2.50. The van der Waals surface area contributed by atoms with Crippen LogP contribution in [0, 0.1) is 0 Å². The van der Waals surface area contributed by atoms with Gasteiger partial charge in [0.15, 0.2) is 0 Å². The van der Waals surface area contributed by atoms with E-state index < -0.39 is 6.04 Å². The minimum Gasteiger partial charge on any atom is -0.352 e. The van der Waals surface area contributed by atoms with Crippen molar-refractivity contribution in [3.05, 3.63) is 69.7 Å². The van der Waals surface area contributed by atoms with Crippen LogP contribution in [0.3, 0.4) is 0 Å². The van der Waals surface area contributed by atoms with Gasteiger partial charge in [-0.1, -0.05) is 66.5 Å². The quantitative estimate of drug-likeness (QED) is 0.404. The van der Waals surface area contributed by atoms with Crippen LogP contribution in [0.4, 0.5) is 0 Å². The van der Waals surface area contributed by atoms with Crippen molar-refractivity contribution in [3.8, 4) is 0 Å². The van der Waals surface area contributed by atoms with Crippen molar-refractivity contribution < 1.29 is 9.59 Å². The number of nitrogens with zero attached hydrogens (tertiary/aromatic N) is 1. The maximum Gasteiger partial charge on any atom is 0.243 e. The van der Waals surface area contributed by atoms with Crippen LogP contribution >= 0.6 is 35.0 Å². The van der Waals surface area contributed by atoms with E-state index in [0.717, 1.165) is 5.75 Å². The van der Waals surface area contributed by atoms with Gasteiger partial charge in [-0.25, -0.2) is 0 Å². The van der Waals surface area contributed by atoms with E-state index in [2.05, 4.69) is 17.4 Å². The van der Waals surface area contributed by atoms with E-state index in [9.17, 15) is 9.59 Å². The zero-order chi connectivity index (χ0) is 22.8. The number of thioether (sulfide) groups is 1. The van der Waals surface area contributed by atoms with Crippen molar-refractivity contribution >= 4 is 46.8 Å². The minimum atomic E-state index is -0.582. The normalized spacial score (nSPS) is 11.9. The highest BCUT2D eigenvalue weighted by Gasteiger charge is 2.29. The van der Waals surface area contributed by atoms with E-state index in [-0.39, 0.29) is 24.4 Å². The average molecular weight is 481 g/mol. The summed E-state index contributed by atoms with van der Waals surface area (Å²) in [5.74, 6) is 1.27. The van der Waals surface area contributed by atoms with Gasteiger partial charge in [-0.15, -0.1) is 0 Å². The Balaban J connectivity index is 2.13. The summed E-state index contributed by atoms with van der Waals surface area (Å²) in [6.07, 6.45) is 0.842. The first-order valence-corrected chi connectivity index (χ1v) is 12.4. The maximum absolute atomic E-state index is 13.2. The summed E-state index contributed by atoms with van der Waals surface area (Å²) in [6, 6.07) is 14.8. The Kier molecular flexibility index (Phi) is 10.7. The molecule has 4 nitrogen and oxygen atoms in total. The molecule has 0 fully saturated rings. The molecule has 0 aliphatic rings. The summed E-state index contributed by atoms with van der Waals surface area (Å²) in [5.41, 5.74) is 1.88. The fourth-order valence-corrected chi connectivity index (χ4v) is 4.63. The molecule has 0 aliphatic heterocycles. The second-order valence-electron chi connectivity index (χ2n) is 7.60. The molecule has 2 aromatic carbocycles. The number of hydrogen-bond donors (Lipinski definition) is 1. The number of carbonyl (C=O) groups excluding carboxylic acids is 2. The molecule has 0 bridgehead atoms. The lowest BCUT2D eigenvalue weighted by molar-refractivity contribution is -0.141. The molecule has 2 amide bonds. The van der Waals surface area contributed by atoms with Crippen LogP contribution in [0.25, 0.3) is 0 Å². The molecule has 0 spiro atoms. The predicted molar refractivity (Wildman–Crippen MR) is 132 cm³/mol. The Morgan fingerprint density at radius 1 is 1.03 bits per heavy atom. The highest BCUT2D eigenvalue weighted by molar-refractivity contribution is 7.98. The van der Waals surface area contributed by atoms with Gasteiger partial charge in [0.2, 0.25) is 11.8 Å². The van der Waals surface area contributed by atoms with E-state index >= 15 is 0 Å². The molecule has 2 rings (SSSR count). The molecule has 168 valence electrons. The molecule has 0 unspecified atom stereocenters. The van der Waals surface area contributed by atoms with Gasteiger partial charge in [0.1, 0.15) is 6.04 Å². The maximum atomic E-state index is 13.2. The number of hydrogen-bond acceptors (Lipinski definition) is 3. The van der Waals surface area contributed by atoms with Crippen molar-refractivity contribution in [2.45, 2.75) is 58.0 Å². The van der Waals surface area contributed by atoms with Crippen molar-refractivity contribution in [1.82, 2.24) is 10.2 Å². The number of amides is 2. The second-order valence-corrected chi connectivity index (χ2v) is 9.52. The summed E-state index contributed by atoms with van der Waals surface area (Å²) < 4.78 is 0. The van der Waals surface area contributed by atoms with Crippen LogP contribution in [-0.2, 0) is 21.9 Å². The molecule has 1 N–H and O–H groups in total. The highest BCUT2D eigenvalue weighted by Crippen LogP contribution is 2.27. The summed E-state index contributed by atoms with van der Waals surface area (Å²) in [4.78, 5) is 27.7. The minimum absolute atomic E-state index is 0.0103. The van der Waals surface area contributed by atoms with Gasteiger partial charge in [0.05, 0.1) is 0 Å². The smallest absolute Gasteiger partial charge is 0.243 e. The van der Waals surface area contributed by atoms with Crippen molar-refractivity contribution in [1.29, 1.82) is 0 Å². The number of carbonyl (C=O) groups is 2. The summed E-state index contributed by atoms with van der Waals surface area (Å²) >= 11 is 14.4. The van der Waals surface area contributed by atoms with Crippen molar-refractivity contribution in [3.63, 3.8) is 0 Å². The van der Waals surface area contributed by atoms with Gasteiger partial charge in [0.25, 0.3) is 0 Å². The van der Waals surface area contributed by atoms with Gasteiger partial charge >= 0.3 is 0 Å². The SMILES string of the molecule is CC[C@@H](C(=O)NC(C)C)N(Cc1c(Cl)cccc1Cl)C(=O)CCSCc1ccccc1. The first-order chi connectivity index (χ1) is 14.8. The average Bonchev–Trinajstić information content (AvgIpc) is 2.73. The number of nitrogens with one attached hydrogen (secondary N) is 1. The Morgan fingerprint density at radius 2 is 1.68 bits per heavy atom. The fraction of sp³-hybridized carbons (Fsp3) is 0.417. The molecular weight excluding hydrogens is 451 g/mol. The molecule has 7 heteroatoms. The van der Waals surface area contributed by atoms with Crippen molar-refractivity contribution in [2.75, 3.05) is 5.75 Å². The van der Waals surface area contributed by atoms with Gasteiger partial charge in [-0.3, -0.25) is 9.59 Å². The topological polar surface area (TPSA) is 49.4 Å². The van der Waals surface area contributed by atoms with E-state index in [0.29, 0.717) is 34.2 Å². The molecule has 0 heterocycles. The molecule has 0 aliphatic carbocycles. The van der Waals surface area contributed by atoms with Crippen LogP contribution in [0.1, 0.15) is 44.7 Å². The standard InChI is InChI=1S/C24H30Cl2N2O2S/c1-4-22(24(30)27-17(2)3)28(15-19-20(25)11-8-12-21(19)26)23(29)13-14-31-16-18-9-6-5-7-10-18/h5-12,17,22H,4,13-16H2,1-3H3,(H,27,30)/t22-/m0/s1. The van der Waals surface area contributed by atoms with Crippen LogP contribution < -0.4 is 5.32 Å². The zero-order valence-corrected chi connectivity index (χ0v) is 20.6. The highest BCUT2D eigenvalue weighted by atomic mass is 35.5. The molecule has 2 aromatic rings. The molecule has 0 saturated carbocycles. The lowest BCUT2D eigenvalue weighted by atomic mass is 10.1. The van der Waals surface area contributed by atoms with E-state index in [1.54, 1.807) is 34.9 Å². The van der Waals surface area contributed by atoms with E-state index in [1.807, 2.05) is 39.0 Å². The molecular formula is C24H30Cl2N2O2S. The van der Waals surface area contributed by atoms with Crippen molar-refractivity contribution in [2.24, 2.45) is 0 Å². The molecule has 1 atom stereocenters. The third kappa shape index (κ3) is 8.06. The fourth-order valence-electron chi connectivity index (χ4n) is 3.22. The Labute approximate surface area is 199 Å². The summed E-state index contributed by atoms with van der Waals surface area (Å²) in [5, 5.41) is 3.91. The zero-order valence-electron chi connectivity index (χ0n) is 18.2. The predicted octanol–water partition coefficient (Wildman–Crippen LogP) is 5.95. The van der Waals surface area contributed by atoms with Gasteiger partial charge in [0, 0.05) is 46.1 Å². The Hall–Kier alpha value is -1.69. The Morgan fingerprint density at radius 3 is 2.26 bits per heavy atom. The summed E-state index contributed by atoms with van der Waals surface area (Å²) in [7, 11) is 0. The van der Waals surface area contributed by atoms with Gasteiger partial charge < -0.3 is 10.2 Å². The molecule has 31 heavy (non-hydrogen) atoms. The molecule has 0 radical (unpaired) electrons. The third-order valence-electron chi connectivity index (χ3n) is 4.78. The van der Waals surface area contributed by atoms with Gasteiger partial charge in [-0.2, -0.15) is 11.8 Å². The number of rotatable bonds is 11. The monoisotopic (exact) mass is 480 g/mol. The van der Waals surface area contributed by atoms with Crippen LogP contribution in [0.2, 0.25) is 10.0 Å². The molecule has 0 aromatic heterocycles. The van der Waals surface area contributed by atoms with Gasteiger partial charge in [-0.05, 0) is 38.0 Å². The first-order valence-electron chi connectivity index (χ1n) is 10.5. The number of halogens is 2. The molecule has 0 saturated heterocycles. The van der Waals surface area contributed by atoms with E-state index in [4.69, 9.17) is 23.2 Å². The van der Waals surface area contributed by atoms with Crippen LogP contribution in [0.15, 0.2) is 48.5 Å².